The minimum absolute atomic E-state index is 0.0435. The van der Waals surface area contributed by atoms with Crippen LogP contribution in [0.15, 0.2) is 4.99 Å². The molecule has 150 valence electrons. The lowest BCUT2D eigenvalue weighted by Crippen LogP contribution is -2.48. The topological polar surface area (TPSA) is 57.2 Å². The Kier molecular flexibility index (Phi) is 9.23. The number of piperidine rings is 2. The summed E-state index contributed by atoms with van der Waals surface area (Å²) in [4.78, 5) is 21.7. The lowest BCUT2D eigenvalue weighted by atomic mass is 9.97. The van der Waals surface area contributed by atoms with Gasteiger partial charge in [-0.1, -0.05) is 19.8 Å². The number of nitrogens with zero attached hydrogens (tertiary/aromatic N) is 3. The molecule has 0 radical (unpaired) electrons. The van der Waals surface area contributed by atoms with E-state index in [0.717, 1.165) is 45.0 Å². The van der Waals surface area contributed by atoms with E-state index in [-0.39, 0.29) is 11.9 Å². The van der Waals surface area contributed by atoms with Gasteiger partial charge in [0.05, 0.1) is 19.6 Å². The van der Waals surface area contributed by atoms with Gasteiger partial charge in [-0.2, -0.15) is 0 Å². The minimum Gasteiger partial charge on any atom is -0.469 e. The maximum Gasteiger partial charge on any atom is 0.308 e. The maximum atomic E-state index is 11.7. The number of carbonyl (C=O) groups excluding carboxylic acids is 1. The summed E-state index contributed by atoms with van der Waals surface area (Å²) in [5.41, 5.74) is 0. The zero-order valence-corrected chi connectivity index (χ0v) is 17.0. The van der Waals surface area contributed by atoms with E-state index in [1.165, 1.54) is 52.3 Å². The van der Waals surface area contributed by atoms with Crippen molar-refractivity contribution >= 4 is 11.9 Å². The minimum atomic E-state index is -0.0691. The summed E-state index contributed by atoms with van der Waals surface area (Å²) in [7, 11) is 1.48. The van der Waals surface area contributed by atoms with E-state index in [0.29, 0.717) is 6.04 Å². The molecule has 0 aromatic heterocycles. The van der Waals surface area contributed by atoms with Crippen LogP contribution in [0.25, 0.3) is 0 Å². The van der Waals surface area contributed by atoms with E-state index in [9.17, 15) is 4.79 Å². The largest absolute Gasteiger partial charge is 0.469 e. The van der Waals surface area contributed by atoms with Crippen molar-refractivity contribution in [1.82, 2.24) is 15.1 Å². The SMILES string of the molecule is CCCCN1CCCCC1CN=C(NCC)N1CCC(C(=O)OC)CC1. The van der Waals surface area contributed by atoms with Crippen molar-refractivity contribution < 1.29 is 9.53 Å². The molecule has 6 nitrogen and oxygen atoms in total. The predicted octanol–water partition coefficient (Wildman–Crippen LogP) is 2.49. The summed E-state index contributed by atoms with van der Waals surface area (Å²) in [6, 6.07) is 0.580. The second kappa shape index (κ2) is 11.4. The van der Waals surface area contributed by atoms with Crippen LogP contribution in [0.2, 0.25) is 0 Å². The molecular weight excluding hydrogens is 328 g/mol. The summed E-state index contributed by atoms with van der Waals surface area (Å²) in [5.74, 6) is 0.985. The summed E-state index contributed by atoms with van der Waals surface area (Å²) in [5, 5.41) is 3.45. The molecule has 2 saturated heterocycles. The molecular formula is C20H38N4O2. The fourth-order valence-corrected chi connectivity index (χ4v) is 4.03. The molecule has 0 saturated carbocycles. The second-order valence-corrected chi connectivity index (χ2v) is 7.52. The monoisotopic (exact) mass is 366 g/mol. The van der Waals surface area contributed by atoms with Gasteiger partial charge in [0.2, 0.25) is 0 Å². The average molecular weight is 367 g/mol. The number of likely N-dealkylation sites (tertiary alicyclic amines) is 2. The van der Waals surface area contributed by atoms with Crippen LogP contribution in [0.1, 0.15) is 58.8 Å². The molecule has 6 heteroatoms. The Morgan fingerprint density at radius 2 is 1.92 bits per heavy atom. The predicted molar refractivity (Wildman–Crippen MR) is 106 cm³/mol. The molecule has 1 unspecified atom stereocenters. The van der Waals surface area contributed by atoms with Gasteiger partial charge in [-0.3, -0.25) is 14.7 Å². The van der Waals surface area contributed by atoms with Gasteiger partial charge in [0.15, 0.2) is 5.96 Å². The number of esters is 1. The van der Waals surface area contributed by atoms with Gasteiger partial charge in [-0.05, 0) is 52.1 Å². The number of aliphatic imine (C=N–C) groups is 1. The Labute approximate surface area is 159 Å². The second-order valence-electron chi connectivity index (χ2n) is 7.52. The highest BCUT2D eigenvalue weighted by atomic mass is 16.5. The molecule has 0 aromatic carbocycles. The number of guanidine groups is 1. The van der Waals surface area contributed by atoms with Crippen LogP contribution in [-0.4, -0.2) is 74.1 Å². The van der Waals surface area contributed by atoms with E-state index >= 15 is 0 Å². The van der Waals surface area contributed by atoms with E-state index < -0.39 is 0 Å². The third-order valence-corrected chi connectivity index (χ3v) is 5.66. The summed E-state index contributed by atoms with van der Waals surface area (Å²) in [6.45, 7) is 10.3. The number of methoxy groups -OCH3 is 1. The number of rotatable bonds is 7. The number of unbranched alkanes of at least 4 members (excludes halogenated alkanes) is 1. The standard InChI is InChI=1S/C20H38N4O2/c1-4-6-12-23-13-8-7-9-18(23)16-22-20(21-5-2)24-14-10-17(11-15-24)19(25)26-3/h17-18H,4-16H2,1-3H3,(H,21,22). The van der Waals surface area contributed by atoms with Crippen molar-refractivity contribution in [3.63, 3.8) is 0 Å². The number of hydrogen-bond acceptors (Lipinski definition) is 4. The Bertz CT molecular complexity index is 447. The molecule has 1 N–H and O–H groups in total. The first kappa shape index (κ1) is 21.0. The molecule has 0 spiro atoms. The average Bonchev–Trinajstić information content (AvgIpc) is 2.69. The van der Waals surface area contributed by atoms with Crippen molar-refractivity contribution in [2.24, 2.45) is 10.9 Å². The Hall–Kier alpha value is -1.30. The van der Waals surface area contributed by atoms with E-state index in [2.05, 4.69) is 29.0 Å². The Morgan fingerprint density at radius 1 is 1.15 bits per heavy atom. The van der Waals surface area contributed by atoms with Crippen LogP contribution >= 0.6 is 0 Å². The molecule has 2 rings (SSSR count). The number of ether oxygens (including phenoxy) is 1. The van der Waals surface area contributed by atoms with Crippen LogP contribution in [0.5, 0.6) is 0 Å². The highest BCUT2D eigenvalue weighted by molar-refractivity contribution is 5.80. The molecule has 26 heavy (non-hydrogen) atoms. The van der Waals surface area contributed by atoms with Crippen LogP contribution in [-0.2, 0) is 9.53 Å². The summed E-state index contributed by atoms with van der Waals surface area (Å²) >= 11 is 0. The summed E-state index contributed by atoms with van der Waals surface area (Å²) in [6.07, 6.45) is 8.14. The van der Waals surface area contributed by atoms with Crippen LogP contribution in [0, 0.1) is 5.92 Å². The lowest BCUT2D eigenvalue weighted by molar-refractivity contribution is -0.146. The Morgan fingerprint density at radius 3 is 2.58 bits per heavy atom. The quantitative estimate of drug-likeness (QED) is 0.426. The Balaban J connectivity index is 1.92. The van der Waals surface area contributed by atoms with Crippen molar-refractivity contribution in [3.05, 3.63) is 0 Å². The van der Waals surface area contributed by atoms with E-state index in [1.807, 2.05) is 0 Å². The number of carbonyl (C=O) groups is 1. The summed E-state index contributed by atoms with van der Waals surface area (Å²) < 4.78 is 4.89. The van der Waals surface area contributed by atoms with Crippen LogP contribution in [0.4, 0.5) is 0 Å². The molecule has 2 heterocycles. The zero-order chi connectivity index (χ0) is 18.8. The molecule has 2 fully saturated rings. The fourth-order valence-electron chi connectivity index (χ4n) is 4.03. The van der Waals surface area contributed by atoms with Crippen molar-refractivity contribution in [2.75, 3.05) is 46.4 Å². The van der Waals surface area contributed by atoms with Gasteiger partial charge in [-0.25, -0.2) is 0 Å². The van der Waals surface area contributed by atoms with Crippen LogP contribution < -0.4 is 5.32 Å². The van der Waals surface area contributed by atoms with Crippen molar-refractivity contribution in [3.8, 4) is 0 Å². The first-order valence-electron chi connectivity index (χ1n) is 10.5. The molecule has 1 atom stereocenters. The van der Waals surface area contributed by atoms with E-state index in [1.54, 1.807) is 0 Å². The maximum absolute atomic E-state index is 11.7. The first-order chi connectivity index (χ1) is 12.7. The van der Waals surface area contributed by atoms with Gasteiger partial charge in [-0.15, -0.1) is 0 Å². The van der Waals surface area contributed by atoms with Gasteiger partial charge < -0.3 is 15.0 Å². The molecule has 0 amide bonds. The highest BCUT2D eigenvalue weighted by Crippen LogP contribution is 2.20. The molecule has 2 aliphatic heterocycles. The number of nitrogens with one attached hydrogen (secondary N) is 1. The van der Waals surface area contributed by atoms with Crippen molar-refractivity contribution in [1.29, 1.82) is 0 Å². The third-order valence-electron chi connectivity index (χ3n) is 5.66. The normalized spacial score (nSPS) is 23.1. The van der Waals surface area contributed by atoms with Crippen molar-refractivity contribution in [2.45, 2.75) is 64.8 Å². The van der Waals surface area contributed by atoms with E-state index in [4.69, 9.17) is 9.73 Å². The first-order valence-corrected chi connectivity index (χ1v) is 10.5. The van der Waals surface area contributed by atoms with Gasteiger partial charge in [0.1, 0.15) is 0 Å². The smallest absolute Gasteiger partial charge is 0.308 e. The van der Waals surface area contributed by atoms with Gasteiger partial charge >= 0.3 is 5.97 Å². The molecule has 0 bridgehead atoms. The molecule has 0 aromatic rings. The van der Waals surface area contributed by atoms with Gasteiger partial charge in [0.25, 0.3) is 0 Å². The fraction of sp³-hybridized carbons (Fsp3) is 0.900. The third kappa shape index (κ3) is 6.15. The highest BCUT2D eigenvalue weighted by Gasteiger charge is 2.27. The van der Waals surface area contributed by atoms with Crippen LogP contribution in [0.3, 0.4) is 0 Å². The molecule has 0 aliphatic carbocycles. The lowest BCUT2D eigenvalue weighted by Gasteiger charge is -2.36. The number of hydrogen-bond donors (Lipinski definition) is 1. The zero-order valence-electron chi connectivity index (χ0n) is 17.0. The van der Waals surface area contributed by atoms with Gasteiger partial charge in [0, 0.05) is 25.7 Å². The molecule has 2 aliphatic rings.